The number of carbonyl (C=O) groups is 1. The van der Waals surface area contributed by atoms with Crippen LogP contribution in [-0.2, 0) is 0 Å². The Balaban J connectivity index is 1.58. The molecule has 1 aromatic carbocycles. The minimum Gasteiger partial charge on any atom is -0.417 e. The fraction of sp³-hybridized carbons (Fsp3) is 0.200. The summed E-state index contributed by atoms with van der Waals surface area (Å²) in [5.74, 6) is -0.381. The first kappa shape index (κ1) is 19.8. The number of hydrogen-bond donors (Lipinski definition) is 2. The highest BCUT2D eigenvalue weighted by atomic mass is 35.5. The summed E-state index contributed by atoms with van der Waals surface area (Å²) in [7, 11) is 0. The van der Waals surface area contributed by atoms with Crippen molar-refractivity contribution in [2.75, 3.05) is 12.3 Å². The third-order valence-corrected chi connectivity index (χ3v) is 4.44. The van der Waals surface area contributed by atoms with Crippen molar-refractivity contribution in [1.82, 2.24) is 25.8 Å². The van der Waals surface area contributed by atoms with Gasteiger partial charge in [-0.1, -0.05) is 23.4 Å². The Morgan fingerprint density at radius 2 is 2.21 bits per heavy atom. The largest absolute Gasteiger partial charge is 0.417 e. The number of amides is 1. The van der Waals surface area contributed by atoms with E-state index in [2.05, 4.69) is 30.8 Å². The molecule has 1 amide bonds. The van der Waals surface area contributed by atoms with E-state index < -0.39 is 11.7 Å². The van der Waals surface area contributed by atoms with E-state index in [1.54, 1.807) is 6.92 Å². The number of carbonyl (C=O) groups excluding carboxylic acids is 1. The second-order valence-electron chi connectivity index (χ2n) is 5.24. The van der Waals surface area contributed by atoms with E-state index in [1.807, 2.05) is 0 Å². The standard InChI is InChI=1S/C15H13ClFN7O3S/c1-7-21-22-14(26-7)13(25)19-4-5-28-15-11(23-27-24-15)12(18)20-8-2-3-10(17)9(16)6-8/h2-3,6H,4-5H2,1H3,(H2,18,20)(H,19,25). The molecule has 0 atom stereocenters. The highest BCUT2D eigenvalue weighted by Gasteiger charge is 2.16. The van der Waals surface area contributed by atoms with Gasteiger partial charge in [0.1, 0.15) is 5.82 Å². The van der Waals surface area contributed by atoms with Gasteiger partial charge in [0.25, 0.3) is 0 Å². The number of aromatic nitrogens is 4. The summed E-state index contributed by atoms with van der Waals surface area (Å²) >= 11 is 6.97. The molecular formula is C15H13ClFN7O3S. The molecule has 0 saturated heterocycles. The van der Waals surface area contributed by atoms with Crippen LogP contribution in [0, 0.1) is 12.7 Å². The number of thioether (sulfide) groups is 1. The molecule has 0 aliphatic rings. The maximum Gasteiger partial charge on any atom is 0.308 e. The summed E-state index contributed by atoms with van der Waals surface area (Å²) in [6.45, 7) is 1.88. The zero-order valence-electron chi connectivity index (χ0n) is 14.3. The Bertz CT molecular complexity index is 1020. The molecule has 0 aliphatic carbocycles. The summed E-state index contributed by atoms with van der Waals surface area (Å²) in [6, 6.07) is 3.93. The molecule has 0 saturated carbocycles. The van der Waals surface area contributed by atoms with Crippen molar-refractivity contribution < 1.29 is 18.2 Å². The molecule has 0 spiro atoms. The van der Waals surface area contributed by atoms with Gasteiger partial charge in [0.05, 0.1) is 10.7 Å². The summed E-state index contributed by atoms with van der Waals surface area (Å²) in [4.78, 5) is 15.9. The van der Waals surface area contributed by atoms with Gasteiger partial charge in [0.15, 0.2) is 16.6 Å². The van der Waals surface area contributed by atoms with Gasteiger partial charge in [-0.05, 0) is 28.5 Å². The summed E-state index contributed by atoms with van der Waals surface area (Å²) < 4.78 is 23.0. The number of nitrogens with two attached hydrogens (primary N) is 1. The highest BCUT2D eigenvalue weighted by Crippen LogP contribution is 2.23. The molecule has 3 N–H and O–H groups in total. The van der Waals surface area contributed by atoms with E-state index in [1.165, 1.54) is 30.0 Å². The Morgan fingerprint density at radius 3 is 2.93 bits per heavy atom. The predicted molar refractivity (Wildman–Crippen MR) is 98.2 cm³/mol. The molecule has 0 bridgehead atoms. The minimum atomic E-state index is -0.559. The topological polar surface area (TPSA) is 145 Å². The Morgan fingerprint density at radius 1 is 1.39 bits per heavy atom. The van der Waals surface area contributed by atoms with E-state index in [9.17, 15) is 9.18 Å². The number of aryl methyl sites for hydroxylation is 1. The van der Waals surface area contributed by atoms with Crippen LogP contribution in [0.3, 0.4) is 0 Å². The minimum absolute atomic E-state index is 0.0248. The molecule has 0 unspecified atom stereocenters. The van der Waals surface area contributed by atoms with Gasteiger partial charge in [-0.3, -0.25) is 4.79 Å². The van der Waals surface area contributed by atoms with Crippen molar-refractivity contribution >= 4 is 40.8 Å². The monoisotopic (exact) mass is 425 g/mol. The lowest BCUT2D eigenvalue weighted by molar-refractivity contribution is 0.0920. The second kappa shape index (κ2) is 8.80. The Hall–Kier alpha value is -2.99. The SMILES string of the molecule is Cc1nnc(C(=O)NCCSc2nonc2C(N)=Nc2ccc(F)c(Cl)c2)o1. The molecule has 10 nitrogen and oxygen atoms in total. The van der Waals surface area contributed by atoms with Crippen LogP contribution >= 0.6 is 23.4 Å². The van der Waals surface area contributed by atoms with Crippen LogP contribution in [-0.4, -0.2) is 44.6 Å². The summed E-state index contributed by atoms with van der Waals surface area (Å²) in [5, 5.41) is 17.6. The van der Waals surface area contributed by atoms with Crippen LogP contribution in [0.5, 0.6) is 0 Å². The normalized spacial score (nSPS) is 11.6. The summed E-state index contributed by atoms with van der Waals surface area (Å²) in [6.07, 6.45) is 0. The number of nitrogens with one attached hydrogen (secondary N) is 1. The van der Waals surface area contributed by atoms with Gasteiger partial charge < -0.3 is 15.5 Å². The fourth-order valence-corrected chi connectivity index (χ4v) is 2.89. The van der Waals surface area contributed by atoms with E-state index in [0.29, 0.717) is 28.9 Å². The predicted octanol–water partition coefficient (Wildman–Crippen LogP) is 2.11. The highest BCUT2D eigenvalue weighted by molar-refractivity contribution is 7.99. The van der Waals surface area contributed by atoms with E-state index in [-0.39, 0.29) is 22.4 Å². The molecule has 0 radical (unpaired) electrons. The lowest BCUT2D eigenvalue weighted by Gasteiger charge is -2.02. The number of benzene rings is 1. The molecular weight excluding hydrogens is 413 g/mol. The Kier molecular flexibility index (Phi) is 6.21. The first-order valence-corrected chi connectivity index (χ1v) is 9.13. The molecule has 2 aromatic heterocycles. The van der Waals surface area contributed by atoms with Crippen LogP contribution in [0.15, 0.2) is 37.3 Å². The molecule has 0 aliphatic heterocycles. The molecule has 2 heterocycles. The van der Waals surface area contributed by atoms with Gasteiger partial charge in [-0.25, -0.2) is 14.0 Å². The quantitative estimate of drug-likeness (QED) is 0.251. The van der Waals surface area contributed by atoms with Crippen LogP contribution in [0.1, 0.15) is 22.3 Å². The Labute approximate surface area is 166 Å². The van der Waals surface area contributed by atoms with Gasteiger partial charge in [-0.15, -0.1) is 10.2 Å². The van der Waals surface area contributed by atoms with Crippen LogP contribution in [0.4, 0.5) is 10.1 Å². The molecule has 3 rings (SSSR count). The van der Waals surface area contributed by atoms with Crippen LogP contribution in [0.2, 0.25) is 5.02 Å². The molecule has 3 aromatic rings. The van der Waals surface area contributed by atoms with Gasteiger partial charge in [0, 0.05) is 19.2 Å². The number of rotatable bonds is 7. The van der Waals surface area contributed by atoms with Crippen molar-refractivity contribution in [3.63, 3.8) is 0 Å². The summed E-state index contributed by atoms with van der Waals surface area (Å²) in [5.41, 5.74) is 6.51. The second-order valence-corrected chi connectivity index (χ2v) is 6.73. The van der Waals surface area contributed by atoms with Gasteiger partial charge in [-0.2, -0.15) is 0 Å². The van der Waals surface area contributed by atoms with E-state index in [0.717, 1.165) is 0 Å². The number of nitrogens with zero attached hydrogens (tertiary/aromatic N) is 5. The number of hydrogen-bond acceptors (Lipinski definition) is 9. The van der Waals surface area contributed by atoms with Crippen molar-refractivity contribution in [3.8, 4) is 0 Å². The number of aliphatic imine (C=N–C) groups is 1. The lowest BCUT2D eigenvalue weighted by Crippen LogP contribution is -2.26. The smallest absolute Gasteiger partial charge is 0.308 e. The first-order chi connectivity index (χ1) is 13.4. The average Bonchev–Trinajstić information content (AvgIpc) is 3.30. The zero-order chi connectivity index (χ0) is 20.1. The third-order valence-electron chi connectivity index (χ3n) is 3.20. The molecule has 146 valence electrons. The molecule has 28 heavy (non-hydrogen) atoms. The van der Waals surface area contributed by atoms with Crippen molar-refractivity contribution in [2.45, 2.75) is 11.9 Å². The first-order valence-electron chi connectivity index (χ1n) is 7.77. The van der Waals surface area contributed by atoms with E-state index in [4.69, 9.17) is 26.4 Å². The van der Waals surface area contributed by atoms with Crippen molar-refractivity contribution in [3.05, 3.63) is 46.5 Å². The number of amidine groups is 1. The van der Waals surface area contributed by atoms with E-state index >= 15 is 0 Å². The van der Waals surface area contributed by atoms with Crippen molar-refractivity contribution in [2.24, 2.45) is 10.7 Å². The fourth-order valence-electron chi connectivity index (χ4n) is 1.95. The van der Waals surface area contributed by atoms with Crippen LogP contribution in [0.25, 0.3) is 0 Å². The average molecular weight is 426 g/mol. The van der Waals surface area contributed by atoms with Crippen LogP contribution < -0.4 is 11.1 Å². The third kappa shape index (κ3) is 4.84. The van der Waals surface area contributed by atoms with Crippen molar-refractivity contribution in [1.29, 1.82) is 0 Å². The maximum absolute atomic E-state index is 13.2. The zero-order valence-corrected chi connectivity index (χ0v) is 15.9. The van der Waals surface area contributed by atoms with Gasteiger partial charge >= 0.3 is 11.8 Å². The lowest BCUT2D eigenvalue weighted by atomic mass is 10.3. The molecule has 0 fully saturated rings. The number of halogens is 2. The maximum atomic E-state index is 13.2. The molecule has 13 heteroatoms. The van der Waals surface area contributed by atoms with Gasteiger partial charge in [0.2, 0.25) is 5.89 Å².